The molecular formula is C12H19NO6S. The summed E-state index contributed by atoms with van der Waals surface area (Å²) in [4.78, 5) is 39.6. The average Bonchev–Trinajstić information content (AvgIpc) is 2.26. The summed E-state index contributed by atoms with van der Waals surface area (Å²) in [6, 6.07) is -0.550. The van der Waals surface area contributed by atoms with E-state index in [2.05, 4.69) is 0 Å². The SMILES string of the molecule is CSC(ON1C(=O)[C@@H](C(=O)OC(C)(C)C)[C@@H]1C)C(=O)O. The molecule has 1 rings (SSSR count). The van der Waals surface area contributed by atoms with Gasteiger partial charge in [-0.05, 0) is 34.0 Å². The van der Waals surface area contributed by atoms with Gasteiger partial charge in [-0.1, -0.05) is 0 Å². The maximum atomic E-state index is 11.9. The van der Waals surface area contributed by atoms with Crippen molar-refractivity contribution in [2.24, 2.45) is 5.92 Å². The van der Waals surface area contributed by atoms with Crippen molar-refractivity contribution in [3.05, 3.63) is 0 Å². The zero-order chi connectivity index (χ0) is 15.7. The summed E-state index contributed by atoms with van der Waals surface area (Å²) in [6.45, 7) is 6.73. The number of esters is 1. The summed E-state index contributed by atoms with van der Waals surface area (Å²) in [6.07, 6.45) is 1.55. The number of hydroxylamine groups is 2. The number of rotatable bonds is 5. The molecule has 8 heteroatoms. The number of hydrogen-bond donors (Lipinski definition) is 1. The number of carboxylic acids is 1. The molecule has 0 aromatic carbocycles. The first-order valence-electron chi connectivity index (χ1n) is 6.06. The number of carbonyl (C=O) groups excluding carboxylic acids is 2. The molecule has 0 radical (unpaired) electrons. The van der Waals surface area contributed by atoms with E-state index in [1.807, 2.05) is 0 Å². The van der Waals surface area contributed by atoms with Gasteiger partial charge < -0.3 is 9.84 Å². The van der Waals surface area contributed by atoms with E-state index in [-0.39, 0.29) is 0 Å². The van der Waals surface area contributed by atoms with Gasteiger partial charge in [-0.3, -0.25) is 9.59 Å². The molecule has 1 N–H and O–H groups in total. The van der Waals surface area contributed by atoms with Crippen LogP contribution >= 0.6 is 11.8 Å². The third kappa shape index (κ3) is 3.63. The zero-order valence-corrected chi connectivity index (χ0v) is 12.9. The number of thioether (sulfide) groups is 1. The Hall–Kier alpha value is -1.28. The highest BCUT2D eigenvalue weighted by atomic mass is 32.2. The van der Waals surface area contributed by atoms with Crippen LogP contribution in [-0.4, -0.2) is 51.4 Å². The smallest absolute Gasteiger partial charge is 0.346 e. The Morgan fingerprint density at radius 1 is 1.40 bits per heavy atom. The normalized spacial score (nSPS) is 24.1. The molecule has 1 aliphatic heterocycles. The number of nitrogens with zero attached hydrogens (tertiary/aromatic N) is 1. The first kappa shape index (κ1) is 16.8. The maximum Gasteiger partial charge on any atom is 0.346 e. The summed E-state index contributed by atoms with van der Waals surface area (Å²) in [5, 5.41) is 9.79. The van der Waals surface area contributed by atoms with Crippen molar-refractivity contribution in [2.75, 3.05) is 6.26 Å². The minimum Gasteiger partial charge on any atom is -0.479 e. The highest BCUT2D eigenvalue weighted by molar-refractivity contribution is 7.99. The second-order valence-electron chi connectivity index (χ2n) is 5.43. The van der Waals surface area contributed by atoms with Gasteiger partial charge in [-0.2, -0.15) is 0 Å². The fourth-order valence-corrected chi connectivity index (χ4v) is 2.08. The first-order valence-corrected chi connectivity index (χ1v) is 7.35. The minimum atomic E-state index is -1.18. The molecule has 7 nitrogen and oxygen atoms in total. The van der Waals surface area contributed by atoms with Crippen LogP contribution in [0.5, 0.6) is 0 Å². The van der Waals surface area contributed by atoms with Gasteiger partial charge in [0.25, 0.3) is 5.91 Å². The molecule has 1 unspecified atom stereocenters. The predicted molar refractivity (Wildman–Crippen MR) is 71.7 cm³/mol. The summed E-state index contributed by atoms with van der Waals surface area (Å²) < 4.78 is 5.15. The largest absolute Gasteiger partial charge is 0.479 e. The Morgan fingerprint density at radius 3 is 2.30 bits per heavy atom. The lowest BCUT2D eigenvalue weighted by Crippen LogP contribution is -2.63. The summed E-state index contributed by atoms with van der Waals surface area (Å²) in [7, 11) is 0. The van der Waals surface area contributed by atoms with Crippen LogP contribution in [-0.2, 0) is 24.0 Å². The molecule has 0 aliphatic carbocycles. The van der Waals surface area contributed by atoms with Gasteiger partial charge in [0.15, 0.2) is 5.92 Å². The van der Waals surface area contributed by atoms with Crippen LogP contribution in [0.25, 0.3) is 0 Å². The molecule has 0 spiro atoms. The molecule has 1 fully saturated rings. The molecule has 1 saturated heterocycles. The molecule has 0 bridgehead atoms. The monoisotopic (exact) mass is 305 g/mol. The van der Waals surface area contributed by atoms with Crippen molar-refractivity contribution in [3.63, 3.8) is 0 Å². The van der Waals surface area contributed by atoms with E-state index in [0.717, 1.165) is 16.8 Å². The second kappa shape index (κ2) is 6.01. The van der Waals surface area contributed by atoms with Gasteiger partial charge in [0.1, 0.15) is 5.60 Å². The summed E-state index contributed by atoms with van der Waals surface area (Å²) in [5.74, 6) is -3.32. The van der Waals surface area contributed by atoms with Gasteiger partial charge >= 0.3 is 11.9 Å². The molecule has 1 aliphatic rings. The van der Waals surface area contributed by atoms with Crippen LogP contribution in [0.4, 0.5) is 0 Å². The third-order valence-electron chi connectivity index (χ3n) is 2.62. The van der Waals surface area contributed by atoms with Gasteiger partial charge in [0, 0.05) is 0 Å². The van der Waals surface area contributed by atoms with Crippen molar-refractivity contribution >= 4 is 29.6 Å². The quantitative estimate of drug-likeness (QED) is 0.349. The van der Waals surface area contributed by atoms with E-state index in [1.165, 1.54) is 0 Å². The van der Waals surface area contributed by atoms with E-state index < -0.39 is 40.8 Å². The zero-order valence-electron chi connectivity index (χ0n) is 12.1. The minimum absolute atomic E-state index is 0.550. The average molecular weight is 305 g/mol. The van der Waals surface area contributed by atoms with Crippen LogP contribution in [0.1, 0.15) is 27.7 Å². The fourth-order valence-electron chi connectivity index (χ4n) is 1.70. The molecule has 3 atom stereocenters. The third-order valence-corrected chi connectivity index (χ3v) is 3.34. The van der Waals surface area contributed by atoms with E-state index in [1.54, 1.807) is 34.0 Å². The highest BCUT2D eigenvalue weighted by Gasteiger charge is 2.53. The molecule has 0 aromatic rings. The topological polar surface area (TPSA) is 93.1 Å². The van der Waals surface area contributed by atoms with Crippen molar-refractivity contribution < 1.29 is 29.1 Å². The number of aliphatic carboxylic acids is 1. The number of carboxylic acid groups (broad SMARTS) is 1. The lowest BCUT2D eigenvalue weighted by molar-refractivity contribution is -0.249. The molecule has 1 heterocycles. The second-order valence-corrected chi connectivity index (χ2v) is 6.33. The summed E-state index contributed by atoms with van der Waals surface area (Å²) >= 11 is 0.947. The standard InChI is InChI=1S/C12H19NO6S/c1-6-7(10(17)18-12(2,3)4)8(14)13(6)19-11(20-5)9(15)16/h6-7,11H,1-5H3,(H,15,16)/t6-,7-,11?/m0/s1. The highest BCUT2D eigenvalue weighted by Crippen LogP contribution is 2.31. The molecule has 1 amide bonds. The lowest BCUT2D eigenvalue weighted by atomic mass is 9.91. The Kier molecular flexibility index (Phi) is 5.04. The predicted octanol–water partition coefficient (Wildman–Crippen LogP) is 0.880. The first-order chi connectivity index (χ1) is 9.08. The van der Waals surface area contributed by atoms with Crippen LogP contribution in [0, 0.1) is 5.92 Å². The maximum absolute atomic E-state index is 11.9. The van der Waals surface area contributed by atoms with E-state index in [9.17, 15) is 14.4 Å². The van der Waals surface area contributed by atoms with Crippen LogP contribution in [0.3, 0.4) is 0 Å². The van der Waals surface area contributed by atoms with Gasteiger partial charge in [-0.25, -0.2) is 14.7 Å². The van der Waals surface area contributed by atoms with E-state index in [4.69, 9.17) is 14.7 Å². The Balaban J connectivity index is 2.65. The lowest BCUT2D eigenvalue weighted by Gasteiger charge is -2.43. The summed E-state index contributed by atoms with van der Waals surface area (Å²) in [5.41, 5.74) is -1.86. The van der Waals surface area contributed by atoms with Gasteiger partial charge in [0.05, 0.1) is 6.04 Å². The van der Waals surface area contributed by atoms with Gasteiger partial charge in [0.2, 0.25) is 5.44 Å². The van der Waals surface area contributed by atoms with Gasteiger partial charge in [-0.15, -0.1) is 11.8 Å². The van der Waals surface area contributed by atoms with Crippen molar-refractivity contribution in [3.8, 4) is 0 Å². The number of ether oxygens (including phenoxy) is 1. The number of carbonyl (C=O) groups is 3. The number of hydrogen-bond acceptors (Lipinski definition) is 6. The van der Waals surface area contributed by atoms with Crippen molar-refractivity contribution in [1.82, 2.24) is 5.06 Å². The number of β-lactam (4-membered cyclic amide) rings is 1. The molecule has 0 saturated carbocycles. The molecule has 20 heavy (non-hydrogen) atoms. The van der Waals surface area contributed by atoms with Crippen LogP contribution < -0.4 is 0 Å². The molecular weight excluding hydrogens is 286 g/mol. The Morgan fingerprint density at radius 2 is 1.95 bits per heavy atom. The van der Waals surface area contributed by atoms with Crippen LogP contribution in [0.2, 0.25) is 0 Å². The van der Waals surface area contributed by atoms with Crippen molar-refractivity contribution in [1.29, 1.82) is 0 Å². The van der Waals surface area contributed by atoms with Crippen LogP contribution in [0.15, 0.2) is 0 Å². The fraction of sp³-hybridized carbons (Fsp3) is 0.750. The van der Waals surface area contributed by atoms with E-state index in [0.29, 0.717) is 0 Å². The van der Waals surface area contributed by atoms with E-state index >= 15 is 0 Å². The Bertz CT molecular complexity index is 419. The Labute approximate surface area is 121 Å². The number of amides is 1. The molecule has 114 valence electrons. The molecule has 0 aromatic heterocycles. The van der Waals surface area contributed by atoms with Crippen molar-refractivity contribution in [2.45, 2.75) is 44.8 Å².